The van der Waals surface area contributed by atoms with Gasteiger partial charge < -0.3 is 14.7 Å². The number of nitrogens with zero attached hydrogens (tertiary/aromatic N) is 3. The average molecular weight is 350 g/mol. The van der Waals surface area contributed by atoms with Crippen molar-refractivity contribution in [2.75, 3.05) is 10.2 Å². The van der Waals surface area contributed by atoms with Crippen LogP contribution in [0.3, 0.4) is 0 Å². The van der Waals surface area contributed by atoms with Gasteiger partial charge in [0.15, 0.2) is 5.82 Å². The summed E-state index contributed by atoms with van der Waals surface area (Å²) in [6, 6.07) is 15.9. The van der Waals surface area contributed by atoms with Gasteiger partial charge in [-0.2, -0.15) is 0 Å². The fourth-order valence-corrected chi connectivity index (χ4v) is 2.68. The van der Waals surface area contributed by atoms with Gasteiger partial charge in [0.05, 0.1) is 0 Å². The third-order valence-corrected chi connectivity index (χ3v) is 4.00. The molecule has 2 aromatic heterocycles. The number of nitrogens with one attached hydrogen (secondary N) is 1. The molecule has 26 heavy (non-hydrogen) atoms. The van der Waals surface area contributed by atoms with Crippen LogP contribution in [0.25, 0.3) is 0 Å². The van der Waals surface area contributed by atoms with Gasteiger partial charge in [-0.25, -0.2) is 0 Å². The van der Waals surface area contributed by atoms with Crippen molar-refractivity contribution in [1.29, 1.82) is 0 Å². The lowest BCUT2D eigenvalue weighted by Crippen LogP contribution is -2.30. The third kappa shape index (κ3) is 4.27. The molecule has 0 aliphatic heterocycles. The Hall–Kier alpha value is -3.15. The average Bonchev–Trinajstić information content (AvgIpc) is 3.05. The van der Waals surface area contributed by atoms with E-state index in [-0.39, 0.29) is 11.9 Å². The molecule has 0 spiro atoms. The summed E-state index contributed by atoms with van der Waals surface area (Å²) in [4.78, 5) is 18.9. The quantitative estimate of drug-likeness (QED) is 0.726. The van der Waals surface area contributed by atoms with Gasteiger partial charge in [0, 0.05) is 30.5 Å². The number of carbonyl (C=O) groups excluding carboxylic acids is 1. The van der Waals surface area contributed by atoms with E-state index < -0.39 is 0 Å². The topological polar surface area (TPSA) is 71.3 Å². The third-order valence-electron chi connectivity index (χ3n) is 4.00. The second-order valence-electron chi connectivity index (χ2n) is 6.38. The number of pyridine rings is 1. The number of benzene rings is 1. The summed E-state index contributed by atoms with van der Waals surface area (Å²) in [5.74, 6) is 0.698. The largest absolute Gasteiger partial charge is 0.365 e. The summed E-state index contributed by atoms with van der Waals surface area (Å²) >= 11 is 0. The van der Waals surface area contributed by atoms with Crippen molar-refractivity contribution in [3.05, 3.63) is 71.7 Å². The minimum Gasteiger partial charge on any atom is -0.365 e. The number of anilines is 2. The fourth-order valence-electron chi connectivity index (χ4n) is 2.68. The predicted octanol–water partition coefficient (Wildman–Crippen LogP) is 4.05. The first-order valence-electron chi connectivity index (χ1n) is 8.54. The van der Waals surface area contributed by atoms with Crippen molar-refractivity contribution >= 4 is 17.4 Å². The summed E-state index contributed by atoms with van der Waals surface area (Å²) in [5, 5.41) is 6.48. The number of amides is 1. The van der Waals surface area contributed by atoms with E-state index >= 15 is 0 Å². The van der Waals surface area contributed by atoms with Gasteiger partial charge in [0.2, 0.25) is 0 Å². The highest BCUT2D eigenvalue weighted by Gasteiger charge is 2.15. The molecule has 0 aliphatic carbocycles. The van der Waals surface area contributed by atoms with Crippen LogP contribution < -0.4 is 10.2 Å². The molecule has 1 N–H and O–H groups in total. The molecule has 2 heterocycles. The number of aryl methyl sites for hydroxylation is 1. The van der Waals surface area contributed by atoms with Gasteiger partial charge in [-0.15, -0.1) is 0 Å². The van der Waals surface area contributed by atoms with Crippen molar-refractivity contribution in [2.24, 2.45) is 0 Å². The van der Waals surface area contributed by atoms with E-state index in [1.807, 2.05) is 24.3 Å². The molecular weight excluding hydrogens is 328 g/mol. The van der Waals surface area contributed by atoms with Crippen molar-refractivity contribution in [2.45, 2.75) is 33.4 Å². The lowest BCUT2D eigenvalue weighted by molar-refractivity contribution is 0.102. The number of hydrogen-bond donors (Lipinski definition) is 1. The van der Waals surface area contributed by atoms with Gasteiger partial charge in [0.25, 0.3) is 5.91 Å². The van der Waals surface area contributed by atoms with E-state index in [2.05, 4.69) is 46.3 Å². The van der Waals surface area contributed by atoms with Crippen LogP contribution in [0, 0.1) is 6.92 Å². The summed E-state index contributed by atoms with van der Waals surface area (Å²) in [7, 11) is 0. The van der Waals surface area contributed by atoms with Gasteiger partial charge in [0.1, 0.15) is 11.5 Å². The molecule has 1 aromatic carbocycles. The minimum absolute atomic E-state index is 0.270. The van der Waals surface area contributed by atoms with Crippen LogP contribution in [0.5, 0.6) is 0 Å². The van der Waals surface area contributed by atoms with E-state index in [9.17, 15) is 4.79 Å². The Morgan fingerprint density at radius 3 is 2.62 bits per heavy atom. The Morgan fingerprint density at radius 1 is 1.19 bits per heavy atom. The van der Waals surface area contributed by atoms with E-state index in [1.165, 1.54) is 5.56 Å². The molecule has 0 radical (unpaired) electrons. The van der Waals surface area contributed by atoms with Crippen LogP contribution in [0.2, 0.25) is 0 Å². The van der Waals surface area contributed by atoms with Crippen LogP contribution in [0.15, 0.2) is 59.3 Å². The molecule has 134 valence electrons. The van der Waals surface area contributed by atoms with E-state index in [0.717, 1.165) is 12.2 Å². The molecule has 6 heteroatoms. The number of hydrogen-bond acceptors (Lipinski definition) is 5. The number of rotatable bonds is 6. The summed E-state index contributed by atoms with van der Waals surface area (Å²) < 4.78 is 4.97. The molecule has 6 nitrogen and oxygen atoms in total. The Bertz CT molecular complexity index is 874. The zero-order valence-electron chi connectivity index (χ0n) is 15.1. The van der Waals surface area contributed by atoms with Crippen molar-refractivity contribution in [3.63, 3.8) is 0 Å². The lowest BCUT2D eigenvalue weighted by atomic mass is 10.1. The van der Waals surface area contributed by atoms with Gasteiger partial charge in [-0.05, 0) is 38.5 Å². The monoisotopic (exact) mass is 350 g/mol. The van der Waals surface area contributed by atoms with Crippen molar-refractivity contribution in [3.8, 4) is 0 Å². The predicted molar refractivity (Wildman–Crippen MR) is 101 cm³/mol. The molecule has 0 saturated carbocycles. The maximum absolute atomic E-state index is 12.5. The molecular formula is C20H22N4O2. The van der Waals surface area contributed by atoms with Gasteiger partial charge >= 0.3 is 0 Å². The molecule has 0 atom stereocenters. The smallest absolute Gasteiger partial charge is 0.275 e. The number of carbonyl (C=O) groups is 1. The van der Waals surface area contributed by atoms with Gasteiger partial charge in [-0.3, -0.25) is 9.78 Å². The minimum atomic E-state index is -0.316. The van der Waals surface area contributed by atoms with Crippen LogP contribution >= 0.6 is 0 Å². The van der Waals surface area contributed by atoms with Crippen LogP contribution in [0.4, 0.5) is 11.5 Å². The highest BCUT2D eigenvalue weighted by Crippen LogP contribution is 2.21. The normalized spacial score (nSPS) is 10.8. The van der Waals surface area contributed by atoms with Crippen LogP contribution in [0.1, 0.15) is 35.7 Å². The zero-order valence-corrected chi connectivity index (χ0v) is 15.1. The van der Waals surface area contributed by atoms with E-state index in [1.54, 1.807) is 25.3 Å². The SMILES string of the molecule is Cc1cc(NC(=O)c2cc(N(Cc3ccccc3)C(C)C)ccn2)no1. The van der Waals surface area contributed by atoms with Crippen LogP contribution in [-0.2, 0) is 6.54 Å². The lowest BCUT2D eigenvalue weighted by Gasteiger charge is -2.29. The summed E-state index contributed by atoms with van der Waals surface area (Å²) in [6.07, 6.45) is 1.65. The molecule has 3 aromatic rings. The summed E-state index contributed by atoms with van der Waals surface area (Å²) in [6.45, 7) is 6.78. The molecule has 3 rings (SSSR count). The zero-order chi connectivity index (χ0) is 18.5. The Labute approximate surface area is 152 Å². The van der Waals surface area contributed by atoms with Crippen molar-refractivity contribution in [1.82, 2.24) is 10.1 Å². The first-order valence-corrected chi connectivity index (χ1v) is 8.54. The van der Waals surface area contributed by atoms with Gasteiger partial charge in [-0.1, -0.05) is 35.5 Å². The molecule has 0 saturated heterocycles. The second kappa shape index (κ2) is 7.82. The highest BCUT2D eigenvalue weighted by molar-refractivity contribution is 6.02. The second-order valence-corrected chi connectivity index (χ2v) is 6.38. The first-order chi connectivity index (χ1) is 12.5. The maximum atomic E-state index is 12.5. The fraction of sp³-hybridized carbons (Fsp3) is 0.250. The van der Waals surface area contributed by atoms with E-state index in [0.29, 0.717) is 17.3 Å². The first kappa shape index (κ1) is 17.7. The summed E-state index contributed by atoms with van der Waals surface area (Å²) in [5.41, 5.74) is 2.49. The molecule has 0 unspecified atom stereocenters. The maximum Gasteiger partial charge on any atom is 0.275 e. The van der Waals surface area contributed by atoms with E-state index in [4.69, 9.17) is 4.52 Å². The van der Waals surface area contributed by atoms with Crippen molar-refractivity contribution < 1.29 is 9.32 Å². The Balaban J connectivity index is 1.80. The molecule has 0 fully saturated rings. The Kier molecular flexibility index (Phi) is 5.31. The van der Waals surface area contributed by atoms with Crippen LogP contribution in [-0.4, -0.2) is 22.1 Å². The molecule has 1 amide bonds. The highest BCUT2D eigenvalue weighted by atomic mass is 16.5. The standard InChI is InChI=1S/C20H22N4O2/c1-14(2)24(13-16-7-5-4-6-8-16)17-9-10-21-18(12-17)20(25)22-19-11-15(3)26-23-19/h4-12,14H,13H2,1-3H3,(H,22,23,25). The number of aromatic nitrogens is 2. The molecule has 0 bridgehead atoms. The molecule has 0 aliphatic rings. The Morgan fingerprint density at radius 2 is 1.96 bits per heavy atom.